The fourth-order valence-electron chi connectivity index (χ4n) is 1.53. The summed E-state index contributed by atoms with van der Waals surface area (Å²) in [7, 11) is 3.11. The molecule has 1 aromatic carbocycles. The Labute approximate surface area is 113 Å². The van der Waals surface area contributed by atoms with E-state index < -0.39 is 11.7 Å². The molecule has 5 heteroatoms. The molecule has 1 N–H and O–H groups in total. The molecule has 0 heterocycles. The van der Waals surface area contributed by atoms with Gasteiger partial charge < -0.3 is 14.2 Å². The highest BCUT2D eigenvalue weighted by Gasteiger charge is 2.17. The Kier molecular flexibility index (Phi) is 4.64. The lowest BCUT2D eigenvalue weighted by atomic mass is 10.1. The van der Waals surface area contributed by atoms with Gasteiger partial charge in [-0.05, 0) is 39.3 Å². The van der Waals surface area contributed by atoms with E-state index in [9.17, 15) is 4.79 Å². The third-order valence-electron chi connectivity index (χ3n) is 2.37. The molecule has 0 bridgehead atoms. The zero-order valence-electron chi connectivity index (χ0n) is 12.3. The van der Waals surface area contributed by atoms with Gasteiger partial charge in [-0.25, -0.2) is 4.79 Å². The molecule has 0 aliphatic carbocycles. The van der Waals surface area contributed by atoms with Gasteiger partial charge in [0.25, 0.3) is 0 Å². The zero-order chi connectivity index (χ0) is 14.6. The first kappa shape index (κ1) is 15.1. The molecule has 0 aliphatic rings. The van der Waals surface area contributed by atoms with E-state index >= 15 is 0 Å². The average Bonchev–Trinajstić information content (AvgIpc) is 2.28. The Morgan fingerprint density at radius 3 is 2.11 bits per heavy atom. The molecule has 1 aromatic rings. The van der Waals surface area contributed by atoms with E-state index in [1.165, 1.54) is 0 Å². The molecule has 1 amide bonds. The van der Waals surface area contributed by atoms with Crippen molar-refractivity contribution in [3.05, 3.63) is 17.7 Å². The summed E-state index contributed by atoms with van der Waals surface area (Å²) in [4.78, 5) is 11.7. The summed E-state index contributed by atoms with van der Waals surface area (Å²) in [6, 6.07) is 3.50. The number of hydrogen-bond donors (Lipinski definition) is 1. The summed E-state index contributed by atoms with van der Waals surface area (Å²) >= 11 is 0. The van der Waals surface area contributed by atoms with Crippen molar-refractivity contribution in [1.29, 1.82) is 0 Å². The number of methoxy groups -OCH3 is 2. The summed E-state index contributed by atoms with van der Waals surface area (Å²) in [6.45, 7) is 7.31. The fourth-order valence-corrected chi connectivity index (χ4v) is 1.53. The van der Waals surface area contributed by atoms with Crippen LogP contribution in [0.2, 0.25) is 0 Å². The maximum atomic E-state index is 11.7. The molecule has 106 valence electrons. The number of ether oxygens (including phenoxy) is 3. The average molecular weight is 267 g/mol. The molecule has 0 unspecified atom stereocenters. The van der Waals surface area contributed by atoms with Gasteiger partial charge in [0.1, 0.15) is 5.60 Å². The van der Waals surface area contributed by atoms with Gasteiger partial charge in [-0.2, -0.15) is 0 Å². The van der Waals surface area contributed by atoms with E-state index in [-0.39, 0.29) is 0 Å². The molecule has 0 saturated heterocycles. The minimum Gasteiger partial charge on any atom is -0.493 e. The lowest BCUT2D eigenvalue weighted by Crippen LogP contribution is -2.27. The highest BCUT2D eigenvalue weighted by molar-refractivity contribution is 5.86. The summed E-state index contributed by atoms with van der Waals surface area (Å²) in [5, 5.41) is 2.70. The first-order valence-corrected chi connectivity index (χ1v) is 5.99. The lowest BCUT2D eigenvalue weighted by Gasteiger charge is -2.20. The predicted octanol–water partition coefficient (Wildman–Crippen LogP) is 3.36. The molecule has 0 spiro atoms. The van der Waals surface area contributed by atoms with Gasteiger partial charge in [0.05, 0.1) is 19.9 Å². The first-order chi connectivity index (χ1) is 8.76. The van der Waals surface area contributed by atoms with E-state index in [0.717, 1.165) is 5.56 Å². The van der Waals surface area contributed by atoms with Crippen LogP contribution in [0, 0.1) is 6.92 Å². The van der Waals surface area contributed by atoms with Crippen LogP contribution >= 0.6 is 0 Å². The quantitative estimate of drug-likeness (QED) is 0.912. The number of amides is 1. The SMILES string of the molecule is COc1cc(C)c(NC(=O)OC(C)(C)C)cc1OC. The topological polar surface area (TPSA) is 56.8 Å². The minimum atomic E-state index is -0.533. The van der Waals surface area contributed by atoms with Gasteiger partial charge in [-0.1, -0.05) is 0 Å². The minimum absolute atomic E-state index is 0.497. The Morgan fingerprint density at radius 2 is 1.63 bits per heavy atom. The van der Waals surface area contributed by atoms with Crippen molar-refractivity contribution in [1.82, 2.24) is 0 Å². The summed E-state index contributed by atoms with van der Waals surface area (Å²) < 4.78 is 15.6. The Morgan fingerprint density at radius 1 is 1.11 bits per heavy atom. The van der Waals surface area contributed by atoms with E-state index in [2.05, 4.69) is 5.32 Å². The van der Waals surface area contributed by atoms with Gasteiger partial charge in [-0.3, -0.25) is 5.32 Å². The highest BCUT2D eigenvalue weighted by atomic mass is 16.6. The molecular weight excluding hydrogens is 246 g/mol. The number of benzene rings is 1. The number of anilines is 1. The van der Waals surface area contributed by atoms with Crippen LogP contribution in [0.4, 0.5) is 10.5 Å². The molecular formula is C14H21NO4. The largest absolute Gasteiger partial charge is 0.493 e. The Balaban J connectivity index is 2.93. The summed E-state index contributed by atoms with van der Waals surface area (Å²) in [5.41, 5.74) is 0.963. The van der Waals surface area contributed by atoms with Crippen molar-refractivity contribution in [2.24, 2.45) is 0 Å². The molecule has 0 aromatic heterocycles. The molecule has 0 saturated carbocycles. The fraction of sp³-hybridized carbons (Fsp3) is 0.500. The van der Waals surface area contributed by atoms with Gasteiger partial charge in [0, 0.05) is 6.07 Å². The van der Waals surface area contributed by atoms with Crippen molar-refractivity contribution in [3.63, 3.8) is 0 Å². The number of hydrogen-bond acceptors (Lipinski definition) is 4. The van der Waals surface area contributed by atoms with Crippen LogP contribution in [0.3, 0.4) is 0 Å². The third kappa shape index (κ3) is 4.35. The molecule has 0 atom stereocenters. The van der Waals surface area contributed by atoms with Crippen molar-refractivity contribution in [2.75, 3.05) is 19.5 Å². The lowest BCUT2D eigenvalue weighted by molar-refractivity contribution is 0.0636. The first-order valence-electron chi connectivity index (χ1n) is 5.99. The van der Waals surface area contributed by atoms with E-state index in [1.54, 1.807) is 26.4 Å². The van der Waals surface area contributed by atoms with Gasteiger partial charge in [-0.15, -0.1) is 0 Å². The van der Waals surface area contributed by atoms with E-state index in [0.29, 0.717) is 17.2 Å². The van der Waals surface area contributed by atoms with Crippen molar-refractivity contribution in [3.8, 4) is 11.5 Å². The number of carbonyl (C=O) groups is 1. The van der Waals surface area contributed by atoms with Crippen molar-refractivity contribution < 1.29 is 19.0 Å². The van der Waals surface area contributed by atoms with Gasteiger partial charge in [0.2, 0.25) is 0 Å². The van der Waals surface area contributed by atoms with Crippen LogP contribution in [0.5, 0.6) is 11.5 Å². The van der Waals surface area contributed by atoms with Crippen LogP contribution in [0.15, 0.2) is 12.1 Å². The molecule has 5 nitrogen and oxygen atoms in total. The third-order valence-corrected chi connectivity index (χ3v) is 2.37. The summed E-state index contributed by atoms with van der Waals surface area (Å²) in [6.07, 6.45) is -0.497. The zero-order valence-corrected chi connectivity index (χ0v) is 12.3. The number of nitrogens with one attached hydrogen (secondary N) is 1. The van der Waals surface area contributed by atoms with Crippen LogP contribution in [-0.2, 0) is 4.74 Å². The van der Waals surface area contributed by atoms with Crippen LogP contribution in [0.25, 0.3) is 0 Å². The molecule has 19 heavy (non-hydrogen) atoms. The maximum absolute atomic E-state index is 11.7. The number of aryl methyl sites for hydroxylation is 1. The summed E-state index contributed by atoms with van der Waals surface area (Å²) in [5.74, 6) is 1.17. The second-order valence-electron chi connectivity index (χ2n) is 5.15. The molecule has 1 rings (SSSR count). The van der Waals surface area contributed by atoms with Crippen molar-refractivity contribution in [2.45, 2.75) is 33.3 Å². The van der Waals surface area contributed by atoms with Crippen LogP contribution in [-0.4, -0.2) is 25.9 Å². The Bertz CT molecular complexity index is 463. The smallest absolute Gasteiger partial charge is 0.412 e. The highest BCUT2D eigenvalue weighted by Crippen LogP contribution is 2.33. The van der Waals surface area contributed by atoms with Crippen LogP contribution < -0.4 is 14.8 Å². The van der Waals surface area contributed by atoms with E-state index in [4.69, 9.17) is 14.2 Å². The van der Waals surface area contributed by atoms with E-state index in [1.807, 2.05) is 27.7 Å². The maximum Gasteiger partial charge on any atom is 0.412 e. The number of carbonyl (C=O) groups excluding carboxylic acids is 1. The standard InChI is InChI=1S/C14H21NO4/c1-9-7-11(17-5)12(18-6)8-10(9)15-13(16)19-14(2,3)4/h7-8H,1-6H3,(H,15,16). The Hall–Kier alpha value is -1.91. The van der Waals surface area contributed by atoms with Crippen LogP contribution in [0.1, 0.15) is 26.3 Å². The van der Waals surface area contributed by atoms with Gasteiger partial charge >= 0.3 is 6.09 Å². The molecule has 0 radical (unpaired) electrons. The number of rotatable bonds is 3. The second-order valence-corrected chi connectivity index (χ2v) is 5.15. The van der Waals surface area contributed by atoms with Crippen molar-refractivity contribution >= 4 is 11.8 Å². The molecule has 0 fully saturated rings. The van der Waals surface area contributed by atoms with Gasteiger partial charge in [0.15, 0.2) is 11.5 Å². The monoisotopic (exact) mass is 267 g/mol. The normalized spacial score (nSPS) is 10.8. The predicted molar refractivity (Wildman–Crippen MR) is 74.1 cm³/mol. The second kappa shape index (κ2) is 5.82. The molecule has 0 aliphatic heterocycles.